The number of aryl methyl sites for hydroxylation is 1. The summed E-state index contributed by atoms with van der Waals surface area (Å²) in [6.07, 6.45) is 12.8. The Hall–Kier alpha value is -2.20. The number of rotatable bonds is 4. The first-order valence-electron chi connectivity index (χ1n) is 10.7. The molecule has 1 saturated heterocycles. The number of aromatic nitrogens is 3. The topological polar surface area (TPSA) is 34.0 Å². The zero-order chi connectivity index (χ0) is 19.1. The number of piperidine rings is 1. The molecule has 146 valence electrons. The van der Waals surface area contributed by atoms with Gasteiger partial charge in [-0.15, -0.1) is 0 Å². The Morgan fingerprint density at radius 2 is 1.86 bits per heavy atom. The van der Waals surface area contributed by atoms with Crippen LogP contribution in [-0.2, 0) is 7.05 Å². The Morgan fingerprint density at radius 1 is 1.04 bits per heavy atom. The van der Waals surface area contributed by atoms with E-state index in [4.69, 9.17) is 4.98 Å². The van der Waals surface area contributed by atoms with Crippen LogP contribution in [0.25, 0.3) is 21.9 Å². The molecule has 0 spiro atoms. The number of fused-ring (bicyclic) bond motifs is 1. The van der Waals surface area contributed by atoms with Crippen molar-refractivity contribution >= 4 is 10.8 Å². The minimum absolute atomic E-state index is 0.594. The molecule has 2 fully saturated rings. The lowest BCUT2D eigenvalue weighted by molar-refractivity contribution is 0.0704. The molecule has 1 saturated carbocycles. The van der Waals surface area contributed by atoms with Gasteiger partial charge in [-0.3, -0.25) is 9.67 Å². The largest absolute Gasteiger partial charge is 0.303 e. The highest BCUT2D eigenvalue weighted by molar-refractivity contribution is 5.86. The van der Waals surface area contributed by atoms with Crippen molar-refractivity contribution in [3.05, 3.63) is 48.5 Å². The van der Waals surface area contributed by atoms with E-state index in [0.717, 1.165) is 0 Å². The first-order valence-corrected chi connectivity index (χ1v) is 10.7. The molecule has 2 aliphatic rings. The number of hydrogen-bond acceptors (Lipinski definition) is 3. The van der Waals surface area contributed by atoms with Gasteiger partial charge in [-0.2, -0.15) is 5.10 Å². The van der Waals surface area contributed by atoms with Crippen LogP contribution in [-0.4, -0.2) is 39.3 Å². The van der Waals surface area contributed by atoms with Crippen molar-refractivity contribution < 1.29 is 0 Å². The quantitative estimate of drug-likeness (QED) is 0.644. The lowest BCUT2D eigenvalue weighted by Crippen LogP contribution is -2.43. The summed E-state index contributed by atoms with van der Waals surface area (Å²) in [7, 11) is 1.96. The third-order valence-corrected chi connectivity index (χ3v) is 6.95. The minimum atomic E-state index is 0.594. The van der Waals surface area contributed by atoms with Crippen LogP contribution in [0.2, 0.25) is 0 Å². The van der Waals surface area contributed by atoms with Crippen molar-refractivity contribution in [1.29, 1.82) is 0 Å². The first kappa shape index (κ1) is 17.9. The fourth-order valence-electron chi connectivity index (χ4n) is 5.00. The van der Waals surface area contributed by atoms with E-state index in [1.54, 1.807) is 0 Å². The average Bonchev–Trinajstić information content (AvgIpc) is 3.13. The number of likely N-dealkylation sites (tertiary alicyclic amines) is 1. The molecule has 1 aromatic carbocycles. The third-order valence-electron chi connectivity index (χ3n) is 6.95. The SMILES string of the molecule is Cn1cc(-c2ccc3cnc(C4CCN(CC5(C)CCC5)CC4)cc3c2)cn1. The molecule has 3 aromatic rings. The molecular formula is C24H30N4. The van der Waals surface area contributed by atoms with Crippen LogP contribution >= 0.6 is 0 Å². The van der Waals surface area contributed by atoms with Gasteiger partial charge in [-0.1, -0.05) is 25.5 Å². The highest BCUT2D eigenvalue weighted by Gasteiger charge is 2.34. The van der Waals surface area contributed by atoms with E-state index in [9.17, 15) is 0 Å². The molecule has 0 radical (unpaired) electrons. The van der Waals surface area contributed by atoms with E-state index in [-0.39, 0.29) is 0 Å². The number of pyridine rings is 1. The minimum Gasteiger partial charge on any atom is -0.303 e. The molecule has 0 atom stereocenters. The normalized spacial score (nSPS) is 20.4. The molecule has 28 heavy (non-hydrogen) atoms. The smallest absolute Gasteiger partial charge is 0.0568 e. The highest BCUT2D eigenvalue weighted by Crippen LogP contribution is 2.42. The van der Waals surface area contributed by atoms with Crippen molar-refractivity contribution in [2.75, 3.05) is 19.6 Å². The molecule has 0 bridgehead atoms. The maximum atomic E-state index is 4.83. The Morgan fingerprint density at radius 3 is 2.54 bits per heavy atom. The van der Waals surface area contributed by atoms with Crippen LogP contribution in [0.4, 0.5) is 0 Å². The average molecular weight is 375 g/mol. The molecule has 4 nitrogen and oxygen atoms in total. The van der Waals surface area contributed by atoms with Crippen LogP contribution in [0.15, 0.2) is 42.9 Å². The van der Waals surface area contributed by atoms with Gasteiger partial charge < -0.3 is 4.90 Å². The van der Waals surface area contributed by atoms with Crippen LogP contribution < -0.4 is 0 Å². The van der Waals surface area contributed by atoms with Gasteiger partial charge in [-0.25, -0.2) is 0 Å². The third kappa shape index (κ3) is 3.46. The summed E-state index contributed by atoms with van der Waals surface area (Å²) >= 11 is 0. The molecule has 3 heterocycles. The Balaban J connectivity index is 1.32. The summed E-state index contributed by atoms with van der Waals surface area (Å²) in [4.78, 5) is 7.52. The molecule has 4 heteroatoms. The van der Waals surface area contributed by atoms with Gasteiger partial charge in [0.2, 0.25) is 0 Å². The van der Waals surface area contributed by atoms with Gasteiger partial charge in [-0.05, 0) is 67.3 Å². The molecule has 1 aliphatic carbocycles. The van der Waals surface area contributed by atoms with Crippen molar-refractivity contribution in [3.63, 3.8) is 0 Å². The number of benzene rings is 1. The fourth-order valence-corrected chi connectivity index (χ4v) is 5.00. The van der Waals surface area contributed by atoms with Gasteiger partial charge in [0.1, 0.15) is 0 Å². The lowest BCUT2D eigenvalue weighted by Gasteiger charge is -2.44. The molecule has 1 aliphatic heterocycles. The molecule has 0 N–H and O–H groups in total. The van der Waals surface area contributed by atoms with Crippen LogP contribution in [0, 0.1) is 5.41 Å². The maximum absolute atomic E-state index is 4.83. The number of hydrogen-bond donors (Lipinski definition) is 0. The van der Waals surface area contributed by atoms with Gasteiger partial charge in [0.05, 0.1) is 6.20 Å². The van der Waals surface area contributed by atoms with E-state index in [0.29, 0.717) is 11.3 Å². The molecular weight excluding hydrogens is 344 g/mol. The molecule has 0 amide bonds. The molecule has 2 aromatic heterocycles. The van der Waals surface area contributed by atoms with Gasteiger partial charge in [0.25, 0.3) is 0 Å². The van der Waals surface area contributed by atoms with Gasteiger partial charge >= 0.3 is 0 Å². The lowest BCUT2D eigenvalue weighted by atomic mass is 9.70. The second-order valence-electron chi connectivity index (χ2n) is 9.29. The summed E-state index contributed by atoms with van der Waals surface area (Å²) in [5, 5.41) is 6.81. The Labute approximate surface area is 167 Å². The van der Waals surface area contributed by atoms with E-state index in [1.165, 1.54) is 79.3 Å². The van der Waals surface area contributed by atoms with Crippen molar-refractivity contribution in [2.24, 2.45) is 12.5 Å². The Bertz CT molecular complexity index is 977. The fraction of sp³-hybridized carbons (Fsp3) is 0.500. The van der Waals surface area contributed by atoms with Crippen LogP contribution in [0.5, 0.6) is 0 Å². The second kappa shape index (κ2) is 7.00. The van der Waals surface area contributed by atoms with Gasteiger partial charge in [0.15, 0.2) is 0 Å². The van der Waals surface area contributed by atoms with E-state index >= 15 is 0 Å². The first-order chi connectivity index (χ1) is 13.6. The molecule has 5 rings (SSSR count). The summed E-state index contributed by atoms with van der Waals surface area (Å²) in [6.45, 7) is 6.19. The van der Waals surface area contributed by atoms with Crippen LogP contribution in [0.3, 0.4) is 0 Å². The van der Waals surface area contributed by atoms with Crippen molar-refractivity contribution in [1.82, 2.24) is 19.7 Å². The maximum Gasteiger partial charge on any atom is 0.0568 e. The predicted octanol–water partition coefficient (Wildman–Crippen LogP) is 5.00. The van der Waals surface area contributed by atoms with Crippen LogP contribution in [0.1, 0.15) is 50.6 Å². The zero-order valence-corrected chi connectivity index (χ0v) is 17.1. The van der Waals surface area contributed by atoms with E-state index < -0.39 is 0 Å². The monoisotopic (exact) mass is 374 g/mol. The van der Waals surface area contributed by atoms with Gasteiger partial charge in [0, 0.05) is 48.5 Å². The predicted molar refractivity (Wildman–Crippen MR) is 114 cm³/mol. The second-order valence-corrected chi connectivity index (χ2v) is 9.29. The zero-order valence-electron chi connectivity index (χ0n) is 17.1. The Kier molecular flexibility index (Phi) is 4.47. The molecule has 0 unspecified atom stereocenters. The van der Waals surface area contributed by atoms with E-state index in [1.807, 2.05) is 17.9 Å². The summed E-state index contributed by atoms with van der Waals surface area (Å²) in [6, 6.07) is 8.95. The summed E-state index contributed by atoms with van der Waals surface area (Å²) < 4.78 is 1.86. The van der Waals surface area contributed by atoms with E-state index in [2.05, 4.69) is 53.6 Å². The number of nitrogens with zero attached hydrogens (tertiary/aromatic N) is 4. The summed E-state index contributed by atoms with van der Waals surface area (Å²) in [5.74, 6) is 0.594. The van der Waals surface area contributed by atoms with Crippen molar-refractivity contribution in [3.8, 4) is 11.1 Å². The standard InChI is InChI=1S/C24H30N4/c1-24(8-3-9-24)17-28-10-6-18(7-11-28)23-13-21-12-19(4-5-20(21)14-25-23)22-15-26-27(2)16-22/h4-5,12-16,18H,3,6-11,17H2,1-2H3. The van der Waals surface area contributed by atoms with Crippen molar-refractivity contribution in [2.45, 2.75) is 44.9 Å². The highest BCUT2D eigenvalue weighted by atomic mass is 15.2. The summed E-state index contributed by atoms with van der Waals surface area (Å²) in [5.41, 5.74) is 4.25.